The highest BCUT2D eigenvalue weighted by molar-refractivity contribution is 7.99. The van der Waals surface area contributed by atoms with Crippen LogP contribution in [0, 0.1) is 0 Å². The number of rotatable bonds is 7. The van der Waals surface area contributed by atoms with Crippen LogP contribution in [0.5, 0.6) is 0 Å². The molecule has 0 spiro atoms. The third-order valence-electron chi connectivity index (χ3n) is 4.19. The maximum Gasteiger partial charge on any atom is 0.252 e. The van der Waals surface area contributed by atoms with E-state index in [9.17, 15) is 4.79 Å². The lowest BCUT2D eigenvalue weighted by molar-refractivity contribution is 0.0951. The molecular formula is C20H22ClNO2S. The molecule has 3 rings (SSSR count). The molecule has 1 aliphatic heterocycles. The Labute approximate surface area is 158 Å². The van der Waals surface area contributed by atoms with E-state index in [-0.39, 0.29) is 5.91 Å². The molecule has 1 fully saturated rings. The van der Waals surface area contributed by atoms with Gasteiger partial charge in [-0.25, -0.2) is 0 Å². The van der Waals surface area contributed by atoms with Crippen LogP contribution in [-0.2, 0) is 11.2 Å². The van der Waals surface area contributed by atoms with Crippen molar-refractivity contribution in [3.63, 3.8) is 0 Å². The van der Waals surface area contributed by atoms with Crippen LogP contribution in [-0.4, -0.2) is 30.9 Å². The van der Waals surface area contributed by atoms with Crippen molar-refractivity contribution in [1.82, 2.24) is 5.32 Å². The molecule has 1 atom stereocenters. The van der Waals surface area contributed by atoms with Crippen LogP contribution in [0.25, 0.3) is 0 Å². The van der Waals surface area contributed by atoms with Crippen LogP contribution < -0.4 is 5.32 Å². The van der Waals surface area contributed by atoms with Crippen molar-refractivity contribution >= 4 is 29.3 Å². The van der Waals surface area contributed by atoms with Gasteiger partial charge in [0.2, 0.25) is 0 Å². The van der Waals surface area contributed by atoms with E-state index in [0.717, 1.165) is 52.7 Å². The third kappa shape index (κ3) is 5.50. The molecule has 132 valence electrons. The number of hydrogen-bond donors (Lipinski definition) is 1. The molecule has 0 saturated carbocycles. The number of halogens is 1. The maximum atomic E-state index is 12.5. The van der Waals surface area contributed by atoms with Crippen LogP contribution >= 0.6 is 23.4 Å². The Morgan fingerprint density at radius 2 is 2.00 bits per heavy atom. The molecule has 0 bridgehead atoms. The molecule has 1 heterocycles. The van der Waals surface area contributed by atoms with E-state index in [1.165, 1.54) is 0 Å². The van der Waals surface area contributed by atoms with E-state index in [2.05, 4.69) is 5.32 Å². The van der Waals surface area contributed by atoms with E-state index >= 15 is 0 Å². The van der Waals surface area contributed by atoms with Crippen molar-refractivity contribution in [3.8, 4) is 0 Å². The molecule has 1 aliphatic rings. The van der Waals surface area contributed by atoms with Gasteiger partial charge in [-0.1, -0.05) is 35.9 Å². The summed E-state index contributed by atoms with van der Waals surface area (Å²) in [5.74, 6) is 0.874. The Kier molecular flexibility index (Phi) is 6.79. The lowest BCUT2D eigenvalue weighted by atomic mass is 10.1. The molecule has 0 aromatic heterocycles. The Balaban J connectivity index is 1.53. The first kappa shape index (κ1) is 18.3. The van der Waals surface area contributed by atoms with Crippen molar-refractivity contribution < 1.29 is 9.53 Å². The van der Waals surface area contributed by atoms with Crippen molar-refractivity contribution in [2.45, 2.75) is 30.3 Å². The van der Waals surface area contributed by atoms with Crippen molar-refractivity contribution in [2.75, 3.05) is 18.9 Å². The van der Waals surface area contributed by atoms with E-state index in [1.807, 2.05) is 48.5 Å². The highest BCUT2D eigenvalue weighted by Crippen LogP contribution is 2.26. The van der Waals surface area contributed by atoms with Gasteiger partial charge in [-0.3, -0.25) is 4.79 Å². The summed E-state index contributed by atoms with van der Waals surface area (Å²) in [7, 11) is 0. The summed E-state index contributed by atoms with van der Waals surface area (Å²) >= 11 is 7.59. The van der Waals surface area contributed by atoms with Crippen LogP contribution in [0.4, 0.5) is 0 Å². The van der Waals surface area contributed by atoms with Crippen molar-refractivity contribution in [1.29, 1.82) is 0 Å². The number of nitrogens with one attached hydrogen (secondary N) is 1. The SMILES string of the molecule is O=C(NCCc1ccc(Cl)cc1)c1ccccc1SC[C@@H]1CCCO1. The second-order valence-electron chi connectivity index (χ2n) is 6.07. The van der Waals surface area contributed by atoms with E-state index in [1.54, 1.807) is 11.8 Å². The molecule has 1 N–H and O–H groups in total. The fourth-order valence-electron chi connectivity index (χ4n) is 2.81. The Hall–Kier alpha value is -1.49. The highest BCUT2D eigenvalue weighted by Gasteiger charge is 2.17. The summed E-state index contributed by atoms with van der Waals surface area (Å²) in [6.45, 7) is 1.46. The minimum atomic E-state index is -0.0237. The zero-order valence-electron chi connectivity index (χ0n) is 14.0. The number of amides is 1. The number of hydrogen-bond acceptors (Lipinski definition) is 3. The maximum absolute atomic E-state index is 12.5. The molecule has 5 heteroatoms. The molecule has 0 aliphatic carbocycles. The number of benzene rings is 2. The van der Waals surface area contributed by atoms with Gasteiger partial charge in [0.05, 0.1) is 11.7 Å². The lowest BCUT2D eigenvalue weighted by Gasteiger charge is -2.12. The molecule has 2 aromatic rings. The minimum absolute atomic E-state index is 0.0237. The number of ether oxygens (including phenoxy) is 1. The number of carbonyl (C=O) groups is 1. The number of carbonyl (C=O) groups excluding carboxylic acids is 1. The fraction of sp³-hybridized carbons (Fsp3) is 0.350. The van der Waals surface area contributed by atoms with Gasteiger partial charge >= 0.3 is 0 Å². The Morgan fingerprint density at radius 3 is 2.76 bits per heavy atom. The Morgan fingerprint density at radius 1 is 1.20 bits per heavy atom. The van der Waals surface area contributed by atoms with Gasteiger partial charge in [-0.15, -0.1) is 11.8 Å². The Bertz CT molecular complexity index is 699. The molecule has 0 unspecified atom stereocenters. The van der Waals surface area contributed by atoms with Gasteiger partial charge in [-0.05, 0) is 49.1 Å². The first-order chi connectivity index (χ1) is 12.2. The summed E-state index contributed by atoms with van der Waals surface area (Å²) in [5, 5.41) is 3.74. The van der Waals surface area contributed by atoms with Gasteiger partial charge in [-0.2, -0.15) is 0 Å². The van der Waals surface area contributed by atoms with Crippen LogP contribution in [0.15, 0.2) is 53.4 Å². The predicted molar refractivity (Wildman–Crippen MR) is 104 cm³/mol. The van der Waals surface area contributed by atoms with Gasteiger partial charge in [0.25, 0.3) is 5.91 Å². The average Bonchev–Trinajstić information content (AvgIpc) is 3.15. The molecular weight excluding hydrogens is 354 g/mol. The second kappa shape index (κ2) is 9.27. The molecule has 25 heavy (non-hydrogen) atoms. The fourth-order valence-corrected chi connectivity index (χ4v) is 4.05. The van der Waals surface area contributed by atoms with Gasteiger partial charge in [0.15, 0.2) is 0 Å². The monoisotopic (exact) mass is 375 g/mol. The summed E-state index contributed by atoms with van der Waals surface area (Å²) in [6.07, 6.45) is 3.35. The van der Waals surface area contributed by atoms with Crippen molar-refractivity contribution in [3.05, 3.63) is 64.7 Å². The zero-order chi connectivity index (χ0) is 17.5. The summed E-state index contributed by atoms with van der Waals surface area (Å²) in [4.78, 5) is 13.5. The average molecular weight is 376 g/mol. The normalized spacial score (nSPS) is 16.8. The van der Waals surface area contributed by atoms with Crippen LogP contribution in [0.1, 0.15) is 28.8 Å². The zero-order valence-corrected chi connectivity index (χ0v) is 15.6. The predicted octanol–water partition coefficient (Wildman–Crippen LogP) is 4.58. The third-order valence-corrected chi connectivity index (χ3v) is 5.65. The standard InChI is InChI=1S/C20H22ClNO2S/c21-16-9-7-15(8-10-16)11-12-22-20(23)18-5-1-2-6-19(18)25-14-17-4-3-13-24-17/h1-2,5-10,17H,3-4,11-14H2,(H,22,23)/t17-/m0/s1. The quantitative estimate of drug-likeness (QED) is 0.719. The van der Waals surface area contributed by atoms with Crippen LogP contribution in [0.3, 0.4) is 0 Å². The first-order valence-corrected chi connectivity index (χ1v) is 9.95. The van der Waals surface area contributed by atoms with Crippen molar-refractivity contribution in [2.24, 2.45) is 0 Å². The summed E-state index contributed by atoms with van der Waals surface area (Å²) in [5.41, 5.74) is 1.90. The smallest absolute Gasteiger partial charge is 0.252 e. The molecule has 1 amide bonds. The largest absolute Gasteiger partial charge is 0.377 e. The van der Waals surface area contributed by atoms with E-state index in [0.29, 0.717) is 12.6 Å². The molecule has 3 nitrogen and oxygen atoms in total. The first-order valence-electron chi connectivity index (χ1n) is 8.58. The van der Waals surface area contributed by atoms with Gasteiger partial charge in [0, 0.05) is 28.8 Å². The minimum Gasteiger partial charge on any atom is -0.377 e. The van der Waals surface area contributed by atoms with Crippen LogP contribution in [0.2, 0.25) is 5.02 Å². The second-order valence-corrected chi connectivity index (χ2v) is 7.57. The summed E-state index contributed by atoms with van der Waals surface area (Å²) < 4.78 is 5.67. The lowest BCUT2D eigenvalue weighted by Crippen LogP contribution is -2.26. The molecule has 0 radical (unpaired) electrons. The number of thioether (sulfide) groups is 1. The topological polar surface area (TPSA) is 38.3 Å². The van der Waals surface area contributed by atoms with Gasteiger partial charge in [0.1, 0.15) is 0 Å². The van der Waals surface area contributed by atoms with E-state index < -0.39 is 0 Å². The highest BCUT2D eigenvalue weighted by atomic mass is 35.5. The molecule has 2 aromatic carbocycles. The van der Waals surface area contributed by atoms with Gasteiger partial charge < -0.3 is 10.1 Å². The summed E-state index contributed by atoms with van der Waals surface area (Å²) in [6, 6.07) is 15.5. The van der Waals surface area contributed by atoms with E-state index in [4.69, 9.17) is 16.3 Å². The molecule has 1 saturated heterocycles.